The molecule has 28 heavy (non-hydrogen) atoms. The van der Waals surface area contributed by atoms with Gasteiger partial charge in [0.05, 0.1) is 6.33 Å². The molecule has 0 unspecified atom stereocenters. The minimum Gasteiger partial charge on any atom is -0.481 e. The average molecular weight is 370 g/mol. The van der Waals surface area contributed by atoms with Gasteiger partial charge in [-0.1, -0.05) is 91.0 Å². The Bertz CT molecular complexity index is 882. The molecule has 0 bridgehead atoms. The zero-order valence-electron chi connectivity index (χ0n) is 15.6. The van der Waals surface area contributed by atoms with E-state index in [0.717, 1.165) is 6.92 Å². The van der Waals surface area contributed by atoms with Crippen LogP contribution in [0.5, 0.6) is 0 Å². The molecule has 0 radical (unpaired) electrons. The molecule has 4 rings (SSSR count). The predicted molar refractivity (Wildman–Crippen MR) is 110 cm³/mol. The summed E-state index contributed by atoms with van der Waals surface area (Å²) in [5.74, 6) is -0.833. The molecule has 1 heterocycles. The average Bonchev–Trinajstić information content (AvgIpc) is 3.26. The summed E-state index contributed by atoms with van der Waals surface area (Å²) >= 11 is 0. The van der Waals surface area contributed by atoms with Gasteiger partial charge >= 0.3 is 0 Å². The Kier molecular flexibility index (Phi) is 6.02. The lowest BCUT2D eigenvalue weighted by Crippen LogP contribution is -2.36. The van der Waals surface area contributed by atoms with Gasteiger partial charge < -0.3 is 9.67 Å². The number of carboxylic acid groups (broad SMARTS) is 1. The third kappa shape index (κ3) is 3.86. The van der Waals surface area contributed by atoms with Crippen molar-refractivity contribution in [2.24, 2.45) is 0 Å². The molecule has 0 saturated heterocycles. The normalized spacial score (nSPS) is 10.6. The number of rotatable bonds is 4. The molecule has 3 aromatic carbocycles. The fourth-order valence-corrected chi connectivity index (χ4v) is 3.44. The quantitative estimate of drug-likeness (QED) is 0.524. The van der Waals surface area contributed by atoms with Crippen molar-refractivity contribution in [3.05, 3.63) is 126 Å². The first-order valence-electron chi connectivity index (χ1n) is 9.00. The lowest BCUT2D eigenvalue weighted by Gasteiger charge is -2.37. The molecular weight excluding hydrogens is 348 g/mol. The van der Waals surface area contributed by atoms with Crippen LogP contribution in [-0.2, 0) is 10.3 Å². The maximum absolute atomic E-state index is 9.00. The van der Waals surface area contributed by atoms with E-state index in [-0.39, 0.29) is 0 Å². The second kappa shape index (κ2) is 8.82. The number of hydrogen-bond acceptors (Lipinski definition) is 2. The van der Waals surface area contributed by atoms with E-state index >= 15 is 0 Å². The van der Waals surface area contributed by atoms with Gasteiger partial charge in [-0.15, -0.1) is 0 Å². The highest BCUT2D eigenvalue weighted by molar-refractivity contribution is 5.63. The van der Waals surface area contributed by atoms with E-state index in [9.17, 15) is 0 Å². The van der Waals surface area contributed by atoms with Gasteiger partial charge in [0.1, 0.15) is 5.54 Å². The number of carbonyl (C=O) groups is 1. The van der Waals surface area contributed by atoms with Crippen molar-refractivity contribution in [1.29, 1.82) is 0 Å². The second-order valence-corrected chi connectivity index (χ2v) is 6.30. The number of imidazole rings is 1. The van der Waals surface area contributed by atoms with Crippen LogP contribution in [0.4, 0.5) is 0 Å². The standard InChI is InChI=1S/C22H18N2.C2H4O2/c1-4-10-19(11-5-1)22(24-17-16-23-18-24,20-12-6-2-7-13-20)21-14-8-3-9-15-21;1-2(3)4/h1-18H;1H3,(H,3,4). The van der Waals surface area contributed by atoms with E-state index in [0.29, 0.717) is 0 Å². The number of aliphatic carboxylic acids is 1. The molecular formula is C24H22N2O2. The molecule has 0 aliphatic rings. The first-order chi connectivity index (χ1) is 13.7. The van der Waals surface area contributed by atoms with Crippen LogP contribution in [0, 0.1) is 0 Å². The van der Waals surface area contributed by atoms with E-state index in [1.807, 2.05) is 18.7 Å². The summed E-state index contributed by atoms with van der Waals surface area (Å²) in [6.45, 7) is 1.08. The van der Waals surface area contributed by atoms with E-state index in [2.05, 4.69) is 101 Å². The lowest BCUT2D eigenvalue weighted by molar-refractivity contribution is -0.134. The van der Waals surface area contributed by atoms with Gasteiger partial charge in [-0.25, -0.2) is 4.98 Å². The number of nitrogens with zero attached hydrogens (tertiary/aromatic N) is 2. The highest BCUT2D eigenvalue weighted by Crippen LogP contribution is 2.40. The SMILES string of the molecule is CC(=O)O.c1ccc(C(c2ccccc2)(c2ccccc2)n2ccnc2)cc1. The molecule has 0 fully saturated rings. The Balaban J connectivity index is 0.000000516. The number of benzene rings is 3. The van der Waals surface area contributed by atoms with Gasteiger partial charge in [0, 0.05) is 19.3 Å². The Morgan fingerprint density at radius 3 is 1.43 bits per heavy atom. The van der Waals surface area contributed by atoms with Crippen LogP contribution in [0.1, 0.15) is 23.6 Å². The molecule has 4 heteroatoms. The molecule has 0 aliphatic heterocycles. The molecule has 1 N–H and O–H groups in total. The molecule has 0 spiro atoms. The van der Waals surface area contributed by atoms with Crippen LogP contribution in [0.15, 0.2) is 110 Å². The maximum Gasteiger partial charge on any atom is 0.300 e. The van der Waals surface area contributed by atoms with Crippen LogP contribution < -0.4 is 0 Å². The van der Waals surface area contributed by atoms with E-state index in [4.69, 9.17) is 9.90 Å². The minimum atomic E-state index is -0.833. The van der Waals surface area contributed by atoms with Gasteiger partial charge in [0.15, 0.2) is 0 Å². The van der Waals surface area contributed by atoms with Crippen molar-refractivity contribution in [3.8, 4) is 0 Å². The molecule has 1 aromatic heterocycles. The summed E-state index contributed by atoms with van der Waals surface area (Å²) in [5.41, 5.74) is 3.18. The van der Waals surface area contributed by atoms with Crippen LogP contribution in [-0.4, -0.2) is 20.6 Å². The van der Waals surface area contributed by atoms with E-state index in [1.165, 1.54) is 16.7 Å². The fourth-order valence-electron chi connectivity index (χ4n) is 3.44. The molecule has 140 valence electrons. The van der Waals surface area contributed by atoms with Crippen molar-refractivity contribution in [1.82, 2.24) is 9.55 Å². The van der Waals surface area contributed by atoms with Crippen molar-refractivity contribution in [2.75, 3.05) is 0 Å². The molecule has 0 amide bonds. The van der Waals surface area contributed by atoms with Crippen molar-refractivity contribution >= 4 is 5.97 Å². The van der Waals surface area contributed by atoms with Crippen LogP contribution in [0.2, 0.25) is 0 Å². The Hall–Kier alpha value is -3.66. The summed E-state index contributed by atoms with van der Waals surface area (Å²) in [7, 11) is 0. The Morgan fingerprint density at radius 2 is 1.14 bits per heavy atom. The highest BCUT2D eigenvalue weighted by Gasteiger charge is 2.37. The van der Waals surface area contributed by atoms with E-state index in [1.54, 1.807) is 0 Å². The highest BCUT2D eigenvalue weighted by atomic mass is 16.4. The largest absolute Gasteiger partial charge is 0.481 e. The van der Waals surface area contributed by atoms with Crippen molar-refractivity contribution < 1.29 is 9.90 Å². The maximum atomic E-state index is 9.00. The summed E-state index contributed by atoms with van der Waals surface area (Å²) in [6.07, 6.45) is 5.77. The number of carboxylic acids is 1. The first kappa shape index (κ1) is 19.1. The lowest BCUT2D eigenvalue weighted by atomic mass is 9.77. The Labute approximate surface area is 164 Å². The zero-order chi connectivity index (χ0) is 19.8. The second-order valence-electron chi connectivity index (χ2n) is 6.30. The smallest absolute Gasteiger partial charge is 0.300 e. The minimum absolute atomic E-state index is 0.444. The van der Waals surface area contributed by atoms with Gasteiger partial charge in [0.25, 0.3) is 5.97 Å². The van der Waals surface area contributed by atoms with Crippen LogP contribution in [0.3, 0.4) is 0 Å². The van der Waals surface area contributed by atoms with Crippen molar-refractivity contribution in [2.45, 2.75) is 12.5 Å². The summed E-state index contributed by atoms with van der Waals surface area (Å²) in [5, 5.41) is 7.42. The number of hydrogen-bond donors (Lipinski definition) is 1. The molecule has 4 nitrogen and oxygen atoms in total. The topological polar surface area (TPSA) is 55.1 Å². The number of aromatic nitrogens is 2. The third-order valence-electron chi connectivity index (χ3n) is 4.47. The third-order valence-corrected chi connectivity index (χ3v) is 4.47. The van der Waals surface area contributed by atoms with Crippen LogP contribution >= 0.6 is 0 Å². The first-order valence-corrected chi connectivity index (χ1v) is 9.00. The summed E-state index contributed by atoms with van der Waals surface area (Å²) in [4.78, 5) is 13.3. The Morgan fingerprint density at radius 1 is 0.786 bits per heavy atom. The molecule has 0 atom stereocenters. The van der Waals surface area contributed by atoms with Crippen molar-refractivity contribution in [3.63, 3.8) is 0 Å². The van der Waals surface area contributed by atoms with Gasteiger partial charge in [-0.3, -0.25) is 4.79 Å². The van der Waals surface area contributed by atoms with Gasteiger partial charge in [0.2, 0.25) is 0 Å². The zero-order valence-corrected chi connectivity index (χ0v) is 15.6. The van der Waals surface area contributed by atoms with E-state index < -0.39 is 11.5 Å². The monoisotopic (exact) mass is 370 g/mol. The predicted octanol–water partition coefficient (Wildman–Crippen LogP) is 4.81. The van der Waals surface area contributed by atoms with Gasteiger partial charge in [-0.2, -0.15) is 0 Å². The summed E-state index contributed by atoms with van der Waals surface area (Å²) in [6, 6.07) is 31.8. The summed E-state index contributed by atoms with van der Waals surface area (Å²) < 4.78 is 2.19. The van der Waals surface area contributed by atoms with Gasteiger partial charge in [-0.05, 0) is 16.7 Å². The molecule has 0 aliphatic carbocycles. The molecule has 4 aromatic rings. The van der Waals surface area contributed by atoms with Crippen LogP contribution in [0.25, 0.3) is 0 Å². The molecule has 0 saturated carbocycles. The fraction of sp³-hybridized carbons (Fsp3) is 0.0833.